The van der Waals surface area contributed by atoms with Crippen molar-refractivity contribution >= 4 is 50.4 Å². The number of anilines is 1. The summed E-state index contributed by atoms with van der Waals surface area (Å²) in [6.07, 6.45) is 1.41. The maximum absolute atomic E-state index is 13.0. The third-order valence-corrected chi connectivity index (χ3v) is 6.92. The SMILES string of the molecule is CCN(CC)C(=O)c1ccc(NC(=O)Cn2cnc3scc(-c4cccs4)c3c2=O)cc1. The van der Waals surface area contributed by atoms with Gasteiger partial charge in [-0.05, 0) is 49.6 Å². The Morgan fingerprint density at radius 2 is 1.84 bits per heavy atom. The van der Waals surface area contributed by atoms with Crippen LogP contribution in [0.4, 0.5) is 5.69 Å². The number of rotatable bonds is 7. The molecule has 0 aliphatic carbocycles. The van der Waals surface area contributed by atoms with E-state index in [9.17, 15) is 14.4 Å². The van der Waals surface area contributed by atoms with Gasteiger partial charge in [0.25, 0.3) is 11.5 Å². The number of thiophene rings is 2. The molecule has 0 bridgehead atoms. The molecule has 0 saturated heterocycles. The topological polar surface area (TPSA) is 84.3 Å². The number of nitrogens with one attached hydrogen (secondary N) is 1. The van der Waals surface area contributed by atoms with Gasteiger partial charge in [-0.2, -0.15) is 0 Å². The van der Waals surface area contributed by atoms with Gasteiger partial charge in [0.05, 0.1) is 11.7 Å². The predicted octanol–water partition coefficient (Wildman–Crippen LogP) is 4.31. The molecule has 4 rings (SSSR count). The lowest BCUT2D eigenvalue weighted by atomic mass is 10.1. The Morgan fingerprint density at radius 1 is 1.09 bits per heavy atom. The van der Waals surface area contributed by atoms with E-state index >= 15 is 0 Å². The summed E-state index contributed by atoms with van der Waals surface area (Å²) in [7, 11) is 0. The molecule has 9 heteroatoms. The van der Waals surface area contributed by atoms with Crippen molar-refractivity contribution in [2.45, 2.75) is 20.4 Å². The van der Waals surface area contributed by atoms with Gasteiger partial charge in [-0.15, -0.1) is 22.7 Å². The summed E-state index contributed by atoms with van der Waals surface area (Å²) in [5.41, 5.74) is 1.73. The van der Waals surface area contributed by atoms with Gasteiger partial charge in [0, 0.05) is 40.2 Å². The lowest BCUT2D eigenvalue weighted by molar-refractivity contribution is -0.116. The van der Waals surface area contributed by atoms with E-state index in [1.54, 1.807) is 40.5 Å². The van der Waals surface area contributed by atoms with Crippen LogP contribution in [0.5, 0.6) is 0 Å². The highest BCUT2D eigenvalue weighted by Crippen LogP contribution is 2.33. The molecule has 0 spiro atoms. The molecule has 0 aliphatic heterocycles. The number of amides is 2. The van der Waals surface area contributed by atoms with Crippen molar-refractivity contribution in [1.29, 1.82) is 0 Å². The van der Waals surface area contributed by atoms with Gasteiger partial charge in [-0.3, -0.25) is 19.0 Å². The van der Waals surface area contributed by atoms with E-state index in [1.807, 2.05) is 36.7 Å². The van der Waals surface area contributed by atoms with Gasteiger partial charge in [-0.1, -0.05) is 6.07 Å². The van der Waals surface area contributed by atoms with Crippen molar-refractivity contribution in [3.63, 3.8) is 0 Å². The van der Waals surface area contributed by atoms with Gasteiger partial charge in [-0.25, -0.2) is 4.98 Å². The van der Waals surface area contributed by atoms with E-state index in [-0.39, 0.29) is 23.9 Å². The van der Waals surface area contributed by atoms with Crippen molar-refractivity contribution < 1.29 is 9.59 Å². The van der Waals surface area contributed by atoms with Crippen LogP contribution in [-0.4, -0.2) is 39.4 Å². The largest absolute Gasteiger partial charge is 0.339 e. The highest BCUT2D eigenvalue weighted by Gasteiger charge is 2.16. The fourth-order valence-corrected chi connectivity index (χ4v) is 5.16. The van der Waals surface area contributed by atoms with Crippen LogP contribution in [0.2, 0.25) is 0 Å². The van der Waals surface area contributed by atoms with Gasteiger partial charge in [0.15, 0.2) is 0 Å². The summed E-state index contributed by atoms with van der Waals surface area (Å²) in [6, 6.07) is 10.7. The first-order valence-electron chi connectivity index (χ1n) is 10.2. The van der Waals surface area contributed by atoms with Crippen LogP contribution >= 0.6 is 22.7 Å². The first-order valence-corrected chi connectivity index (χ1v) is 12.0. The number of aromatic nitrogens is 2. The molecule has 0 atom stereocenters. The number of fused-ring (bicyclic) bond motifs is 1. The minimum atomic E-state index is -0.344. The van der Waals surface area contributed by atoms with Crippen LogP contribution in [0.15, 0.2) is 58.3 Å². The van der Waals surface area contributed by atoms with Crippen LogP contribution in [0.25, 0.3) is 20.7 Å². The normalized spacial score (nSPS) is 10.9. The Hall–Kier alpha value is -3.30. The smallest absolute Gasteiger partial charge is 0.263 e. The van der Waals surface area contributed by atoms with Crippen molar-refractivity contribution in [2.24, 2.45) is 0 Å². The van der Waals surface area contributed by atoms with E-state index in [0.29, 0.717) is 34.6 Å². The standard InChI is InChI=1S/C23H22N4O3S2/c1-3-26(4-2)22(29)15-7-9-16(10-8-15)25-19(28)12-27-14-24-21-20(23(27)30)17(13-32-21)18-6-5-11-31-18/h5-11,13-14H,3-4,12H2,1-2H3,(H,25,28). The van der Waals surface area contributed by atoms with Gasteiger partial charge in [0.2, 0.25) is 5.91 Å². The first kappa shape index (κ1) is 21.9. The number of nitrogens with zero attached hydrogens (tertiary/aromatic N) is 3. The number of carbonyl (C=O) groups excluding carboxylic acids is 2. The Labute approximate surface area is 193 Å². The molecular weight excluding hydrogens is 444 g/mol. The predicted molar refractivity (Wildman–Crippen MR) is 130 cm³/mol. The van der Waals surface area contributed by atoms with Crippen LogP contribution in [0.3, 0.4) is 0 Å². The minimum Gasteiger partial charge on any atom is -0.339 e. The maximum Gasteiger partial charge on any atom is 0.263 e. The molecule has 3 aromatic heterocycles. The molecule has 1 N–H and O–H groups in total. The molecular formula is C23H22N4O3S2. The summed E-state index contributed by atoms with van der Waals surface area (Å²) < 4.78 is 1.32. The first-order chi connectivity index (χ1) is 15.5. The minimum absolute atomic E-state index is 0.0453. The van der Waals surface area contributed by atoms with E-state index in [1.165, 1.54) is 22.2 Å². The summed E-state index contributed by atoms with van der Waals surface area (Å²) in [5.74, 6) is -0.389. The Bertz CT molecular complexity index is 1300. The van der Waals surface area contributed by atoms with Crippen molar-refractivity contribution in [3.8, 4) is 10.4 Å². The molecule has 0 radical (unpaired) electrons. The van der Waals surface area contributed by atoms with Crippen molar-refractivity contribution in [1.82, 2.24) is 14.5 Å². The highest BCUT2D eigenvalue weighted by molar-refractivity contribution is 7.18. The molecule has 32 heavy (non-hydrogen) atoms. The Kier molecular flexibility index (Phi) is 6.48. The fourth-order valence-electron chi connectivity index (χ4n) is 3.44. The lowest BCUT2D eigenvalue weighted by Crippen LogP contribution is -2.30. The van der Waals surface area contributed by atoms with E-state index in [2.05, 4.69) is 10.3 Å². The van der Waals surface area contributed by atoms with E-state index in [4.69, 9.17) is 0 Å². The second-order valence-electron chi connectivity index (χ2n) is 7.09. The van der Waals surface area contributed by atoms with Crippen LogP contribution < -0.4 is 10.9 Å². The number of carbonyl (C=O) groups is 2. The summed E-state index contributed by atoms with van der Waals surface area (Å²) in [4.78, 5) is 45.8. The zero-order valence-corrected chi connectivity index (χ0v) is 19.3. The fraction of sp³-hybridized carbons (Fsp3) is 0.217. The zero-order chi connectivity index (χ0) is 22.7. The average molecular weight is 467 g/mol. The highest BCUT2D eigenvalue weighted by atomic mass is 32.1. The lowest BCUT2D eigenvalue weighted by Gasteiger charge is -2.18. The maximum atomic E-state index is 13.0. The average Bonchev–Trinajstić information content (AvgIpc) is 3.47. The third kappa shape index (κ3) is 4.35. The van der Waals surface area contributed by atoms with E-state index < -0.39 is 0 Å². The molecule has 3 heterocycles. The number of benzene rings is 1. The second-order valence-corrected chi connectivity index (χ2v) is 8.89. The molecule has 0 unspecified atom stereocenters. The summed E-state index contributed by atoms with van der Waals surface area (Å²) in [5, 5.41) is 7.20. The van der Waals surface area contributed by atoms with Gasteiger partial charge in [0.1, 0.15) is 11.4 Å². The van der Waals surface area contributed by atoms with Crippen LogP contribution in [0, 0.1) is 0 Å². The van der Waals surface area contributed by atoms with Crippen molar-refractivity contribution in [2.75, 3.05) is 18.4 Å². The molecule has 2 amide bonds. The van der Waals surface area contributed by atoms with Crippen LogP contribution in [0.1, 0.15) is 24.2 Å². The summed E-state index contributed by atoms with van der Waals surface area (Å²) in [6.45, 7) is 4.99. The van der Waals surface area contributed by atoms with Crippen molar-refractivity contribution in [3.05, 3.63) is 69.4 Å². The molecule has 0 saturated carbocycles. The Morgan fingerprint density at radius 3 is 2.50 bits per heavy atom. The molecule has 0 fully saturated rings. The number of hydrogen-bond donors (Lipinski definition) is 1. The molecule has 1 aromatic carbocycles. The molecule has 0 aliphatic rings. The quantitative estimate of drug-likeness (QED) is 0.440. The Balaban J connectivity index is 1.50. The monoisotopic (exact) mass is 466 g/mol. The molecule has 7 nitrogen and oxygen atoms in total. The van der Waals surface area contributed by atoms with Crippen LogP contribution in [-0.2, 0) is 11.3 Å². The van der Waals surface area contributed by atoms with E-state index in [0.717, 1.165) is 10.4 Å². The number of hydrogen-bond acceptors (Lipinski definition) is 6. The zero-order valence-electron chi connectivity index (χ0n) is 17.7. The summed E-state index contributed by atoms with van der Waals surface area (Å²) >= 11 is 2.97. The molecule has 164 valence electrons. The van der Waals surface area contributed by atoms with Gasteiger partial charge < -0.3 is 10.2 Å². The molecule has 4 aromatic rings. The van der Waals surface area contributed by atoms with Gasteiger partial charge >= 0.3 is 0 Å². The third-order valence-electron chi connectivity index (χ3n) is 5.13. The second kappa shape index (κ2) is 9.46.